The Hall–Kier alpha value is -3.35. The van der Waals surface area contributed by atoms with E-state index >= 15 is 0 Å². The number of anilines is 1. The molecule has 0 aliphatic carbocycles. The van der Waals surface area contributed by atoms with Crippen LogP contribution < -0.4 is 15.8 Å². The van der Waals surface area contributed by atoms with Crippen LogP contribution in [0.1, 0.15) is 47.8 Å². The number of hydrogen-bond acceptors (Lipinski definition) is 5. The molecular weight excluding hydrogens is 484 g/mol. The SMILES string of the molecule is COc1c([C@@H]2[C@@H](C)[C@@](C)(C(F)(F)F)O[C@H]2C(=O)Nc2ccnc(C(N)=O)c2)ccc(F)c1C(F)F. The number of ether oxygens (including phenoxy) is 2. The first kappa shape index (κ1) is 26.3. The highest BCUT2D eigenvalue weighted by Crippen LogP contribution is 2.55. The number of rotatable bonds is 6. The molecule has 0 bridgehead atoms. The molecule has 1 aromatic carbocycles. The predicted molar refractivity (Wildman–Crippen MR) is 111 cm³/mol. The number of carbonyl (C=O) groups excluding carboxylic acids is 2. The van der Waals surface area contributed by atoms with E-state index in [1.807, 2.05) is 0 Å². The van der Waals surface area contributed by atoms with E-state index in [1.54, 1.807) is 0 Å². The number of aromatic nitrogens is 1. The Labute approximate surface area is 195 Å². The van der Waals surface area contributed by atoms with Crippen molar-refractivity contribution in [3.63, 3.8) is 0 Å². The Balaban J connectivity index is 2.12. The summed E-state index contributed by atoms with van der Waals surface area (Å²) in [6.07, 6.45) is -9.00. The summed E-state index contributed by atoms with van der Waals surface area (Å²) in [6.45, 7) is 1.88. The minimum atomic E-state index is -4.95. The Morgan fingerprint density at radius 2 is 1.91 bits per heavy atom. The normalized spacial score (nSPS) is 24.5. The number of hydrogen-bond donors (Lipinski definition) is 2. The summed E-state index contributed by atoms with van der Waals surface area (Å²) in [5.41, 5.74) is 0.654. The maximum Gasteiger partial charge on any atom is 0.417 e. The lowest BCUT2D eigenvalue weighted by Crippen LogP contribution is -2.47. The molecule has 0 spiro atoms. The molecule has 3 N–H and O–H groups in total. The molecule has 1 aliphatic rings. The van der Waals surface area contributed by atoms with Gasteiger partial charge in [-0.1, -0.05) is 13.0 Å². The predicted octanol–water partition coefficient (Wildman–Crippen LogP) is 4.34. The second-order valence-corrected chi connectivity index (χ2v) is 8.13. The molecule has 2 amide bonds. The van der Waals surface area contributed by atoms with Gasteiger partial charge in [0.1, 0.15) is 23.4 Å². The molecule has 190 valence electrons. The van der Waals surface area contributed by atoms with Gasteiger partial charge in [0.2, 0.25) is 0 Å². The molecule has 1 saturated heterocycles. The van der Waals surface area contributed by atoms with E-state index in [9.17, 15) is 35.9 Å². The van der Waals surface area contributed by atoms with Crippen LogP contribution in [0, 0.1) is 11.7 Å². The molecule has 7 nitrogen and oxygen atoms in total. The molecule has 1 aliphatic heterocycles. The minimum Gasteiger partial charge on any atom is -0.496 e. The van der Waals surface area contributed by atoms with Gasteiger partial charge in [-0.15, -0.1) is 0 Å². The summed E-state index contributed by atoms with van der Waals surface area (Å²) in [4.78, 5) is 28.2. The summed E-state index contributed by atoms with van der Waals surface area (Å²) in [7, 11) is 0.963. The molecule has 2 heterocycles. The molecule has 0 unspecified atom stereocenters. The molecule has 13 heteroatoms. The number of nitrogens with one attached hydrogen (secondary N) is 1. The van der Waals surface area contributed by atoms with E-state index in [1.165, 1.54) is 6.07 Å². The largest absolute Gasteiger partial charge is 0.496 e. The van der Waals surface area contributed by atoms with Crippen molar-refractivity contribution in [1.82, 2.24) is 4.98 Å². The van der Waals surface area contributed by atoms with Gasteiger partial charge in [0.05, 0.1) is 12.7 Å². The third-order valence-corrected chi connectivity index (χ3v) is 6.16. The highest BCUT2D eigenvalue weighted by atomic mass is 19.4. The fourth-order valence-corrected chi connectivity index (χ4v) is 4.17. The zero-order chi connectivity index (χ0) is 26.3. The van der Waals surface area contributed by atoms with Gasteiger partial charge in [0.15, 0.2) is 5.60 Å². The van der Waals surface area contributed by atoms with Gasteiger partial charge in [0, 0.05) is 29.3 Å². The van der Waals surface area contributed by atoms with Crippen LogP contribution in [0.3, 0.4) is 0 Å². The van der Waals surface area contributed by atoms with Gasteiger partial charge >= 0.3 is 6.18 Å². The zero-order valence-corrected chi connectivity index (χ0v) is 18.6. The number of pyridine rings is 1. The van der Waals surface area contributed by atoms with Crippen molar-refractivity contribution in [3.8, 4) is 5.75 Å². The van der Waals surface area contributed by atoms with E-state index < -0.39 is 65.1 Å². The Kier molecular flexibility index (Phi) is 7.02. The summed E-state index contributed by atoms with van der Waals surface area (Å²) in [5.74, 6) is -6.92. The van der Waals surface area contributed by atoms with Gasteiger partial charge < -0.3 is 20.5 Å². The molecule has 4 atom stereocenters. The molecule has 3 rings (SSSR count). The Morgan fingerprint density at radius 3 is 2.46 bits per heavy atom. The van der Waals surface area contributed by atoms with Gasteiger partial charge in [-0.3, -0.25) is 14.6 Å². The van der Waals surface area contributed by atoms with Crippen molar-refractivity contribution >= 4 is 17.5 Å². The van der Waals surface area contributed by atoms with E-state index in [2.05, 4.69) is 10.3 Å². The number of amides is 2. The summed E-state index contributed by atoms with van der Waals surface area (Å²) in [5, 5.41) is 2.33. The van der Waals surface area contributed by atoms with Crippen molar-refractivity contribution in [3.05, 3.63) is 53.1 Å². The van der Waals surface area contributed by atoms with Crippen molar-refractivity contribution in [2.45, 2.75) is 44.1 Å². The standard InChI is InChI=1S/C22H21F6N3O4/c1-9-14(11-4-5-12(23)15(18(24)25)16(11)34-3)17(35-21(9,2)22(26,27)28)20(33)31-10-6-7-30-13(8-10)19(29)32/h4-9,14,17-18H,1-3H3,(H2,29,32)(H,30,31,33)/t9-,14+,17-,21+/m1/s1. The number of halogens is 6. The molecule has 2 aromatic rings. The summed E-state index contributed by atoms with van der Waals surface area (Å²) < 4.78 is 93.6. The van der Waals surface area contributed by atoms with Gasteiger partial charge in [-0.2, -0.15) is 13.2 Å². The molecule has 0 radical (unpaired) electrons. The third-order valence-electron chi connectivity index (χ3n) is 6.16. The minimum absolute atomic E-state index is 0.0197. The molecule has 1 aromatic heterocycles. The van der Waals surface area contributed by atoms with Crippen LogP contribution >= 0.6 is 0 Å². The van der Waals surface area contributed by atoms with Crippen molar-refractivity contribution in [2.75, 3.05) is 12.4 Å². The van der Waals surface area contributed by atoms with E-state index in [4.69, 9.17) is 15.2 Å². The number of nitrogens with two attached hydrogens (primary N) is 1. The summed E-state index contributed by atoms with van der Waals surface area (Å²) in [6, 6.07) is 4.02. The molecule has 0 saturated carbocycles. The topological polar surface area (TPSA) is 104 Å². The number of benzene rings is 1. The quantitative estimate of drug-likeness (QED) is 0.569. The average Bonchev–Trinajstić information content (AvgIpc) is 3.05. The lowest BCUT2D eigenvalue weighted by Gasteiger charge is -2.32. The fourth-order valence-electron chi connectivity index (χ4n) is 4.17. The maximum absolute atomic E-state index is 14.1. The Bertz CT molecular complexity index is 1140. The zero-order valence-electron chi connectivity index (χ0n) is 18.6. The average molecular weight is 505 g/mol. The molecule has 35 heavy (non-hydrogen) atoms. The van der Waals surface area contributed by atoms with Crippen molar-refractivity contribution in [1.29, 1.82) is 0 Å². The fraction of sp³-hybridized carbons (Fsp3) is 0.409. The number of nitrogens with zero attached hydrogens (tertiary/aromatic N) is 1. The maximum atomic E-state index is 14.1. The van der Waals surface area contributed by atoms with E-state index in [0.717, 1.165) is 39.3 Å². The first-order chi connectivity index (χ1) is 16.2. The Morgan fingerprint density at radius 1 is 1.26 bits per heavy atom. The monoisotopic (exact) mass is 505 g/mol. The van der Waals surface area contributed by atoms with Crippen LogP contribution in [-0.4, -0.2) is 41.8 Å². The van der Waals surface area contributed by atoms with Crippen LogP contribution in [0.4, 0.5) is 32.0 Å². The highest BCUT2D eigenvalue weighted by molar-refractivity contribution is 5.97. The smallest absolute Gasteiger partial charge is 0.417 e. The van der Waals surface area contributed by atoms with Crippen LogP contribution in [0.2, 0.25) is 0 Å². The van der Waals surface area contributed by atoms with Crippen LogP contribution in [0.5, 0.6) is 5.75 Å². The number of carbonyl (C=O) groups is 2. The van der Waals surface area contributed by atoms with Gasteiger partial charge in [0.25, 0.3) is 18.2 Å². The van der Waals surface area contributed by atoms with Gasteiger partial charge in [-0.05, 0) is 25.1 Å². The van der Waals surface area contributed by atoms with Crippen LogP contribution in [0.25, 0.3) is 0 Å². The van der Waals surface area contributed by atoms with Gasteiger partial charge in [-0.25, -0.2) is 13.2 Å². The van der Waals surface area contributed by atoms with E-state index in [0.29, 0.717) is 6.07 Å². The van der Waals surface area contributed by atoms with E-state index in [-0.39, 0.29) is 16.9 Å². The molecular formula is C22H21F6N3O4. The lowest BCUT2D eigenvalue weighted by atomic mass is 9.76. The third kappa shape index (κ3) is 4.64. The molecule has 1 fully saturated rings. The summed E-state index contributed by atoms with van der Waals surface area (Å²) >= 11 is 0. The second kappa shape index (κ2) is 9.36. The highest BCUT2D eigenvalue weighted by Gasteiger charge is 2.66. The number of methoxy groups -OCH3 is 1. The lowest BCUT2D eigenvalue weighted by molar-refractivity contribution is -0.272. The van der Waals surface area contributed by atoms with Crippen molar-refractivity contribution in [2.24, 2.45) is 11.7 Å². The van der Waals surface area contributed by atoms with Crippen molar-refractivity contribution < 1.29 is 45.4 Å². The first-order valence-electron chi connectivity index (χ1n) is 10.2. The number of primary amides is 1. The first-order valence-corrected chi connectivity index (χ1v) is 10.2. The van der Waals surface area contributed by atoms with Crippen LogP contribution in [0.15, 0.2) is 30.5 Å². The van der Waals surface area contributed by atoms with Crippen LogP contribution in [-0.2, 0) is 9.53 Å². The number of alkyl halides is 5. The second-order valence-electron chi connectivity index (χ2n) is 8.13.